The van der Waals surface area contributed by atoms with Gasteiger partial charge in [0.05, 0.1) is 19.3 Å². The van der Waals surface area contributed by atoms with E-state index in [-0.39, 0.29) is 6.10 Å². The van der Waals surface area contributed by atoms with Gasteiger partial charge in [0.15, 0.2) is 0 Å². The first-order valence-electron chi connectivity index (χ1n) is 5.41. The molecule has 1 aromatic rings. The molecule has 16 heavy (non-hydrogen) atoms. The number of rotatable bonds is 3. The third kappa shape index (κ3) is 2.74. The van der Waals surface area contributed by atoms with Gasteiger partial charge in [-0.15, -0.1) is 0 Å². The number of hydrogen-bond acceptors (Lipinski definition) is 3. The van der Waals surface area contributed by atoms with Crippen LogP contribution < -0.4 is 5.32 Å². The van der Waals surface area contributed by atoms with Gasteiger partial charge in [0.25, 0.3) is 0 Å². The third-order valence-electron chi connectivity index (χ3n) is 2.68. The van der Waals surface area contributed by atoms with E-state index in [1.54, 1.807) is 7.11 Å². The second-order valence-electron chi connectivity index (χ2n) is 3.84. The summed E-state index contributed by atoms with van der Waals surface area (Å²) in [6.07, 6.45) is 0.108. The summed E-state index contributed by atoms with van der Waals surface area (Å²) >= 11 is 5.98. The van der Waals surface area contributed by atoms with Gasteiger partial charge in [-0.25, -0.2) is 0 Å². The molecule has 1 aliphatic heterocycles. The minimum absolute atomic E-state index is 0.108. The minimum atomic E-state index is 0.108. The topological polar surface area (TPSA) is 30.5 Å². The van der Waals surface area contributed by atoms with Gasteiger partial charge in [0.1, 0.15) is 0 Å². The highest BCUT2D eigenvalue weighted by molar-refractivity contribution is 6.30. The van der Waals surface area contributed by atoms with E-state index in [2.05, 4.69) is 5.32 Å². The number of methoxy groups -OCH3 is 1. The molecule has 1 saturated heterocycles. The highest BCUT2D eigenvalue weighted by Crippen LogP contribution is 2.25. The molecule has 1 heterocycles. The lowest BCUT2D eigenvalue weighted by molar-refractivity contribution is 0.0261. The Balaban J connectivity index is 2.23. The molecule has 1 fully saturated rings. The number of ether oxygens (including phenoxy) is 2. The van der Waals surface area contributed by atoms with Crippen molar-refractivity contribution in [3.05, 3.63) is 34.3 Å². The van der Waals surface area contributed by atoms with Crippen LogP contribution in [0.1, 0.15) is 17.2 Å². The van der Waals surface area contributed by atoms with Crippen molar-refractivity contribution >= 4 is 11.6 Å². The number of benzene rings is 1. The monoisotopic (exact) mass is 241 g/mol. The summed E-state index contributed by atoms with van der Waals surface area (Å²) in [6, 6.07) is 5.86. The molecule has 1 aliphatic rings. The standard InChI is InChI=1S/C12H16ClNO2/c1-15-8-9-6-10(13)2-3-11(9)12-7-14-4-5-16-12/h2-3,6,12,14H,4-5,7-8H2,1H3. The van der Waals surface area contributed by atoms with Crippen molar-refractivity contribution in [3.8, 4) is 0 Å². The van der Waals surface area contributed by atoms with E-state index in [4.69, 9.17) is 21.1 Å². The van der Waals surface area contributed by atoms with Crippen LogP contribution in [0.3, 0.4) is 0 Å². The fraction of sp³-hybridized carbons (Fsp3) is 0.500. The third-order valence-corrected chi connectivity index (χ3v) is 2.91. The van der Waals surface area contributed by atoms with Crippen molar-refractivity contribution in [2.45, 2.75) is 12.7 Å². The Morgan fingerprint density at radius 1 is 1.56 bits per heavy atom. The van der Waals surface area contributed by atoms with Crippen LogP contribution in [-0.2, 0) is 16.1 Å². The Bertz CT molecular complexity index is 351. The average molecular weight is 242 g/mol. The minimum Gasteiger partial charge on any atom is -0.380 e. The molecule has 0 spiro atoms. The number of morpholine rings is 1. The molecule has 0 bridgehead atoms. The smallest absolute Gasteiger partial charge is 0.0953 e. The molecule has 0 aromatic heterocycles. The number of halogens is 1. The molecule has 3 nitrogen and oxygen atoms in total. The van der Waals surface area contributed by atoms with E-state index in [1.165, 1.54) is 5.56 Å². The Morgan fingerprint density at radius 2 is 2.44 bits per heavy atom. The van der Waals surface area contributed by atoms with Crippen LogP contribution in [0.5, 0.6) is 0 Å². The van der Waals surface area contributed by atoms with Crippen LogP contribution >= 0.6 is 11.6 Å². The molecule has 0 aliphatic carbocycles. The van der Waals surface area contributed by atoms with E-state index in [0.29, 0.717) is 6.61 Å². The lowest BCUT2D eigenvalue weighted by Crippen LogP contribution is -2.33. The van der Waals surface area contributed by atoms with Crippen molar-refractivity contribution in [1.82, 2.24) is 5.32 Å². The first kappa shape index (κ1) is 11.9. The predicted molar refractivity (Wildman–Crippen MR) is 63.7 cm³/mol. The van der Waals surface area contributed by atoms with Gasteiger partial charge in [0.2, 0.25) is 0 Å². The van der Waals surface area contributed by atoms with Gasteiger partial charge in [-0.1, -0.05) is 17.7 Å². The maximum atomic E-state index is 5.98. The van der Waals surface area contributed by atoms with E-state index in [9.17, 15) is 0 Å². The molecule has 4 heteroatoms. The van der Waals surface area contributed by atoms with Gasteiger partial charge in [0, 0.05) is 25.2 Å². The maximum Gasteiger partial charge on any atom is 0.0953 e. The van der Waals surface area contributed by atoms with Gasteiger partial charge in [-0.3, -0.25) is 0 Å². The van der Waals surface area contributed by atoms with Crippen molar-refractivity contribution in [1.29, 1.82) is 0 Å². The van der Waals surface area contributed by atoms with Crippen LogP contribution in [0.2, 0.25) is 5.02 Å². The lowest BCUT2D eigenvalue weighted by atomic mass is 10.0. The van der Waals surface area contributed by atoms with Gasteiger partial charge in [-0.05, 0) is 23.3 Å². The molecule has 1 N–H and O–H groups in total. The quantitative estimate of drug-likeness (QED) is 0.880. The maximum absolute atomic E-state index is 5.98. The molecule has 1 aromatic carbocycles. The number of hydrogen-bond donors (Lipinski definition) is 1. The normalized spacial score (nSPS) is 21.0. The van der Waals surface area contributed by atoms with E-state index in [0.717, 1.165) is 30.3 Å². The highest BCUT2D eigenvalue weighted by Gasteiger charge is 2.18. The molecular weight excluding hydrogens is 226 g/mol. The van der Waals surface area contributed by atoms with Crippen molar-refractivity contribution in [2.24, 2.45) is 0 Å². The molecule has 2 rings (SSSR count). The fourth-order valence-electron chi connectivity index (χ4n) is 1.93. The summed E-state index contributed by atoms with van der Waals surface area (Å²) in [5.41, 5.74) is 2.27. The van der Waals surface area contributed by atoms with Gasteiger partial charge < -0.3 is 14.8 Å². The van der Waals surface area contributed by atoms with E-state index >= 15 is 0 Å². The molecule has 0 saturated carbocycles. The van der Waals surface area contributed by atoms with Gasteiger partial charge in [-0.2, -0.15) is 0 Å². The average Bonchev–Trinajstić information content (AvgIpc) is 2.31. The molecule has 1 atom stereocenters. The summed E-state index contributed by atoms with van der Waals surface area (Å²) in [5, 5.41) is 4.05. The summed E-state index contributed by atoms with van der Waals surface area (Å²) in [5.74, 6) is 0. The van der Waals surface area contributed by atoms with E-state index < -0.39 is 0 Å². The zero-order valence-corrected chi connectivity index (χ0v) is 10.1. The molecule has 0 radical (unpaired) electrons. The Morgan fingerprint density at radius 3 is 3.12 bits per heavy atom. The van der Waals surface area contributed by atoms with Crippen LogP contribution in [0.25, 0.3) is 0 Å². The van der Waals surface area contributed by atoms with Crippen LogP contribution in [0.15, 0.2) is 18.2 Å². The summed E-state index contributed by atoms with van der Waals surface area (Å²) < 4.78 is 10.9. The Kier molecular flexibility index (Phi) is 4.18. The Hall–Kier alpha value is -0.610. The largest absolute Gasteiger partial charge is 0.380 e. The van der Waals surface area contributed by atoms with Crippen molar-refractivity contribution in [2.75, 3.05) is 26.8 Å². The fourth-order valence-corrected chi connectivity index (χ4v) is 2.13. The van der Waals surface area contributed by atoms with Crippen LogP contribution in [0, 0.1) is 0 Å². The zero-order valence-electron chi connectivity index (χ0n) is 9.33. The second kappa shape index (κ2) is 5.64. The summed E-state index contributed by atoms with van der Waals surface area (Å²) in [7, 11) is 1.69. The molecule has 0 amide bonds. The number of nitrogens with one attached hydrogen (secondary N) is 1. The zero-order chi connectivity index (χ0) is 11.4. The van der Waals surface area contributed by atoms with E-state index in [1.807, 2.05) is 18.2 Å². The van der Waals surface area contributed by atoms with Gasteiger partial charge >= 0.3 is 0 Å². The first-order valence-corrected chi connectivity index (χ1v) is 5.78. The SMILES string of the molecule is COCc1cc(Cl)ccc1C1CNCCO1. The van der Waals surface area contributed by atoms with Crippen LogP contribution in [-0.4, -0.2) is 26.8 Å². The highest BCUT2D eigenvalue weighted by atomic mass is 35.5. The lowest BCUT2D eigenvalue weighted by Gasteiger charge is -2.25. The molecule has 1 unspecified atom stereocenters. The second-order valence-corrected chi connectivity index (χ2v) is 4.28. The van der Waals surface area contributed by atoms with Crippen molar-refractivity contribution in [3.63, 3.8) is 0 Å². The van der Waals surface area contributed by atoms with Crippen LogP contribution in [0.4, 0.5) is 0 Å². The first-order chi connectivity index (χ1) is 7.81. The molecule has 88 valence electrons. The summed E-state index contributed by atoms with van der Waals surface area (Å²) in [4.78, 5) is 0. The summed E-state index contributed by atoms with van der Waals surface area (Å²) in [6.45, 7) is 3.08. The Labute approximate surface area is 101 Å². The van der Waals surface area contributed by atoms with Crippen molar-refractivity contribution < 1.29 is 9.47 Å². The molecular formula is C12H16ClNO2. The predicted octanol–water partition coefficient (Wildman–Crippen LogP) is 2.15.